The molecular formula is C8H6N2O. The van der Waals surface area contributed by atoms with Gasteiger partial charge < -0.3 is 0 Å². The van der Waals surface area contributed by atoms with Crippen molar-refractivity contribution >= 4 is 12.4 Å². The Morgan fingerprint density at radius 1 is 1.36 bits per heavy atom. The molecule has 1 aromatic rings. The molecule has 1 heterocycles. The van der Waals surface area contributed by atoms with Gasteiger partial charge >= 0.3 is 0 Å². The molecule has 1 aliphatic rings. The summed E-state index contributed by atoms with van der Waals surface area (Å²) < 4.78 is 0. The molecule has 0 unspecified atom stereocenters. The molecule has 0 bridgehead atoms. The van der Waals surface area contributed by atoms with Crippen molar-refractivity contribution in [2.45, 2.75) is 6.42 Å². The molecule has 3 nitrogen and oxygen atoms in total. The zero-order valence-electron chi connectivity index (χ0n) is 5.82. The van der Waals surface area contributed by atoms with E-state index in [0.717, 1.165) is 23.2 Å². The number of allylic oxidation sites excluding steroid dienone is 1. The van der Waals surface area contributed by atoms with Gasteiger partial charge in [0.05, 0.1) is 11.4 Å². The van der Waals surface area contributed by atoms with Gasteiger partial charge in [-0.1, -0.05) is 0 Å². The monoisotopic (exact) mass is 146 g/mol. The number of nitrogens with zero attached hydrogens (tertiary/aromatic N) is 2. The lowest BCUT2D eigenvalue weighted by molar-refractivity contribution is -0.104. The second-order valence-electron chi connectivity index (χ2n) is 2.40. The zero-order valence-corrected chi connectivity index (χ0v) is 5.82. The van der Waals surface area contributed by atoms with E-state index in [0.29, 0.717) is 6.42 Å². The van der Waals surface area contributed by atoms with Gasteiger partial charge in [0.15, 0.2) is 0 Å². The maximum absolute atomic E-state index is 10.4. The SMILES string of the molecule is O=CC1=Cc2nccnc2C1. The smallest absolute Gasteiger partial charge is 0.146 e. The minimum absolute atomic E-state index is 0.632. The normalized spacial score (nSPS) is 14.0. The average Bonchev–Trinajstić information content (AvgIpc) is 2.46. The number of aldehydes is 1. The van der Waals surface area contributed by atoms with Gasteiger partial charge in [0.1, 0.15) is 6.29 Å². The van der Waals surface area contributed by atoms with Crippen LogP contribution < -0.4 is 0 Å². The Morgan fingerprint density at radius 2 is 2.18 bits per heavy atom. The third-order valence-corrected chi connectivity index (χ3v) is 1.65. The van der Waals surface area contributed by atoms with Crippen LogP contribution in [-0.2, 0) is 11.2 Å². The second kappa shape index (κ2) is 2.27. The van der Waals surface area contributed by atoms with Crippen LogP contribution in [0.5, 0.6) is 0 Å². The van der Waals surface area contributed by atoms with Gasteiger partial charge in [-0.3, -0.25) is 14.8 Å². The summed E-state index contributed by atoms with van der Waals surface area (Å²) >= 11 is 0. The Kier molecular flexibility index (Phi) is 1.28. The largest absolute Gasteiger partial charge is 0.298 e. The first kappa shape index (κ1) is 6.22. The van der Waals surface area contributed by atoms with Crippen molar-refractivity contribution in [2.24, 2.45) is 0 Å². The van der Waals surface area contributed by atoms with Crippen molar-refractivity contribution in [2.75, 3.05) is 0 Å². The molecule has 0 radical (unpaired) electrons. The van der Waals surface area contributed by atoms with Crippen molar-refractivity contribution in [3.63, 3.8) is 0 Å². The third kappa shape index (κ3) is 0.941. The predicted octanol–water partition coefficient (Wildman–Crippen LogP) is 0.615. The number of rotatable bonds is 1. The summed E-state index contributed by atoms with van der Waals surface area (Å²) in [7, 11) is 0. The van der Waals surface area contributed by atoms with Crippen molar-refractivity contribution in [3.8, 4) is 0 Å². The Morgan fingerprint density at radius 3 is 2.91 bits per heavy atom. The minimum atomic E-state index is 0.632. The van der Waals surface area contributed by atoms with Crippen molar-refractivity contribution in [1.29, 1.82) is 0 Å². The third-order valence-electron chi connectivity index (χ3n) is 1.65. The highest BCUT2D eigenvalue weighted by Gasteiger charge is 2.12. The number of hydrogen-bond donors (Lipinski definition) is 0. The maximum atomic E-state index is 10.4. The summed E-state index contributed by atoms with van der Waals surface area (Å²) in [6.45, 7) is 0. The second-order valence-corrected chi connectivity index (χ2v) is 2.40. The van der Waals surface area contributed by atoms with Gasteiger partial charge in [-0.2, -0.15) is 0 Å². The van der Waals surface area contributed by atoms with E-state index in [9.17, 15) is 4.79 Å². The van der Waals surface area contributed by atoms with Crippen molar-refractivity contribution in [1.82, 2.24) is 9.97 Å². The van der Waals surface area contributed by atoms with E-state index in [2.05, 4.69) is 9.97 Å². The predicted molar refractivity (Wildman–Crippen MR) is 39.8 cm³/mol. The van der Waals surface area contributed by atoms with Crippen LogP contribution in [0.15, 0.2) is 18.0 Å². The van der Waals surface area contributed by atoms with Crippen LogP contribution in [-0.4, -0.2) is 16.3 Å². The molecule has 1 aliphatic carbocycles. The Bertz CT molecular complexity index is 331. The molecule has 0 saturated carbocycles. The van der Waals surface area contributed by atoms with Crippen LogP contribution in [0.4, 0.5) is 0 Å². The lowest BCUT2D eigenvalue weighted by Crippen LogP contribution is -1.90. The summed E-state index contributed by atoms with van der Waals surface area (Å²) in [6.07, 6.45) is 6.52. The quantitative estimate of drug-likeness (QED) is 0.545. The summed E-state index contributed by atoms with van der Waals surface area (Å²) in [5, 5.41) is 0. The van der Waals surface area contributed by atoms with Crippen LogP contribution in [0.25, 0.3) is 6.08 Å². The molecule has 2 rings (SSSR count). The molecule has 0 saturated heterocycles. The summed E-state index contributed by atoms with van der Waals surface area (Å²) in [4.78, 5) is 18.5. The van der Waals surface area contributed by atoms with Crippen LogP contribution in [0.1, 0.15) is 11.4 Å². The van der Waals surface area contributed by atoms with Crippen LogP contribution in [0, 0.1) is 0 Å². The highest BCUT2D eigenvalue weighted by Crippen LogP contribution is 2.18. The number of aromatic nitrogens is 2. The van der Waals surface area contributed by atoms with E-state index >= 15 is 0 Å². The molecule has 1 aromatic heterocycles. The molecular weight excluding hydrogens is 140 g/mol. The Hall–Kier alpha value is -1.51. The Balaban J connectivity index is 2.47. The lowest BCUT2D eigenvalue weighted by atomic mass is 10.2. The van der Waals surface area contributed by atoms with Crippen LogP contribution in [0.3, 0.4) is 0 Å². The standard InChI is InChI=1S/C8H6N2O/c11-5-6-3-7-8(4-6)10-2-1-9-7/h1-3,5H,4H2. The topological polar surface area (TPSA) is 42.9 Å². The Labute approximate surface area is 63.8 Å². The number of fused-ring (bicyclic) bond motifs is 1. The molecule has 11 heavy (non-hydrogen) atoms. The number of carbonyl (C=O) groups excluding carboxylic acids is 1. The molecule has 0 amide bonds. The van der Waals surface area contributed by atoms with Gasteiger partial charge in [-0.25, -0.2) is 0 Å². The fraction of sp³-hybridized carbons (Fsp3) is 0.125. The van der Waals surface area contributed by atoms with E-state index in [1.165, 1.54) is 0 Å². The van der Waals surface area contributed by atoms with E-state index in [1.807, 2.05) is 0 Å². The molecule has 0 fully saturated rings. The molecule has 54 valence electrons. The van der Waals surface area contributed by atoms with Crippen LogP contribution >= 0.6 is 0 Å². The maximum Gasteiger partial charge on any atom is 0.146 e. The van der Waals surface area contributed by atoms with Gasteiger partial charge in [-0.15, -0.1) is 0 Å². The lowest BCUT2D eigenvalue weighted by Gasteiger charge is -1.91. The van der Waals surface area contributed by atoms with E-state index in [-0.39, 0.29) is 0 Å². The first-order valence-electron chi connectivity index (χ1n) is 3.36. The highest BCUT2D eigenvalue weighted by molar-refractivity contribution is 5.84. The first-order chi connectivity index (χ1) is 5.40. The molecule has 0 atom stereocenters. The molecule has 0 spiro atoms. The molecule has 0 aromatic carbocycles. The number of carbonyl (C=O) groups is 1. The highest BCUT2D eigenvalue weighted by atomic mass is 16.1. The molecule has 3 heteroatoms. The molecule has 0 aliphatic heterocycles. The van der Waals surface area contributed by atoms with Gasteiger partial charge in [-0.05, 0) is 6.08 Å². The van der Waals surface area contributed by atoms with Crippen LogP contribution in [0.2, 0.25) is 0 Å². The molecule has 0 N–H and O–H groups in total. The van der Waals surface area contributed by atoms with Gasteiger partial charge in [0.25, 0.3) is 0 Å². The van der Waals surface area contributed by atoms with E-state index in [4.69, 9.17) is 0 Å². The average molecular weight is 146 g/mol. The van der Waals surface area contributed by atoms with E-state index in [1.54, 1.807) is 18.5 Å². The summed E-state index contributed by atoms with van der Waals surface area (Å²) in [5.74, 6) is 0. The van der Waals surface area contributed by atoms with Crippen molar-refractivity contribution < 1.29 is 4.79 Å². The fourth-order valence-electron chi connectivity index (χ4n) is 1.13. The number of hydrogen-bond acceptors (Lipinski definition) is 3. The minimum Gasteiger partial charge on any atom is -0.298 e. The summed E-state index contributed by atoms with van der Waals surface area (Å²) in [5.41, 5.74) is 2.48. The summed E-state index contributed by atoms with van der Waals surface area (Å²) in [6, 6.07) is 0. The van der Waals surface area contributed by atoms with Crippen molar-refractivity contribution in [3.05, 3.63) is 29.4 Å². The fourth-order valence-corrected chi connectivity index (χ4v) is 1.13. The van der Waals surface area contributed by atoms with Gasteiger partial charge in [0.2, 0.25) is 0 Å². The zero-order chi connectivity index (χ0) is 7.68. The van der Waals surface area contributed by atoms with E-state index < -0.39 is 0 Å². The first-order valence-corrected chi connectivity index (χ1v) is 3.36. The van der Waals surface area contributed by atoms with Gasteiger partial charge in [0, 0.05) is 24.4 Å².